The second-order valence-corrected chi connectivity index (χ2v) is 14.5. The molecule has 5 heteroatoms. The van der Waals surface area contributed by atoms with E-state index >= 15 is 0 Å². The maximum atomic E-state index is 14.7. The van der Waals surface area contributed by atoms with Crippen LogP contribution in [0.25, 0.3) is 5.57 Å². The Morgan fingerprint density at radius 1 is 0.857 bits per heavy atom. The number of benzene rings is 1. The van der Waals surface area contributed by atoms with Crippen LogP contribution in [0, 0.1) is 69.9 Å². The van der Waals surface area contributed by atoms with Crippen molar-refractivity contribution in [3.63, 3.8) is 0 Å². The summed E-state index contributed by atoms with van der Waals surface area (Å²) in [4.78, 5) is 23.8. The molecule has 0 bridgehead atoms. The Hall–Kier alpha value is -2.61. The molecule has 0 aromatic heterocycles. The van der Waals surface area contributed by atoms with E-state index in [0.29, 0.717) is 29.6 Å². The lowest BCUT2D eigenvalue weighted by molar-refractivity contribution is -0.187. The number of rotatable bonds is 3. The highest BCUT2D eigenvalue weighted by Crippen LogP contribution is 2.73. The number of aliphatic carboxylic acids is 1. The van der Waals surface area contributed by atoms with Crippen molar-refractivity contribution in [1.82, 2.24) is 0 Å². The van der Waals surface area contributed by atoms with Crippen molar-refractivity contribution in [3.05, 3.63) is 41.2 Å². The number of terminal acetylenes is 1. The number of hydrogen-bond donors (Lipinski definition) is 2. The first-order chi connectivity index (χ1) is 19.9. The number of carbonyl (C=O) groups is 2. The van der Waals surface area contributed by atoms with Gasteiger partial charge in [-0.1, -0.05) is 60.1 Å². The zero-order chi connectivity index (χ0) is 31.3. The van der Waals surface area contributed by atoms with E-state index < -0.39 is 23.2 Å². The summed E-state index contributed by atoms with van der Waals surface area (Å²) in [5, 5.41) is 19.5. The lowest BCUT2D eigenvalue weighted by Crippen LogP contribution is -2.61. The van der Waals surface area contributed by atoms with E-state index in [4.69, 9.17) is 0 Å². The number of allylic oxidation sites excluding steroid dienone is 2. The van der Waals surface area contributed by atoms with Gasteiger partial charge in [0, 0.05) is 0 Å². The van der Waals surface area contributed by atoms with Gasteiger partial charge in [-0.25, -0.2) is 9.18 Å². The van der Waals surface area contributed by atoms with Crippen LogP contribution in [0.4, 0.5) is 4.39 Å². The average Bonchev–Trinajstić information content (AvgIpc) is 3.41. The zero-order valence-corrected chi connectivity index (χ0v) is 26.5. The summed E-state index contributed by atoms with van der Waals surface area (Å²) in [6, 6.07) is 4.59. The molecule has 6 rings (SSSR count). The highest BCUT2D eigenvalue weighted by molar-refractivity contribution is 5.88. The van der Waals surface area contributed by atoms with E-state index in [2.05, 4.69) is 46.6 Å². The van der Waals surface area contributed by atoms with Gasteiger partial charge in [-0.3, -0.25) is 4.79 Å². The Morgan fingerprint density at radius 3 is 2.17 bits per heavy atom. The van der Waals surface area contributed by atoms with Gasteiger partial charge < -0.3 is 10.2 Å². The van der Waals surface area contributed by atoms with Gasteiger partial charge in [-0.05, 0) is 127 Å². The monoisotopic (exact) mass is 578 g/mol. The quantitative estimate of drug-likeness (QED) is 0.351. The molecule has 2 N–H and O–H groups in total. The van der Waals surface area contributed by atoms with Crippen LogP contribution >= 0.6 is 0 Å². The van der Waals surface area contributed by atoms with Crippen LogP contribution in [0.3, 0.4) is 0 Å². The molecule has 5 aliphatic carbocycles. The van der Waals surface area contributed by atoms with Crippen molar-refractivity contribution < 1.29 is 24.2 Å². The Morgan fingerprint density at radius 2 is 1.55 bits per heavy atom. The Balaban J connectivity index is 0.000000972. The average molecular weight is 579 g/mol. The molecule has 0 amide bonds. The molecule has 0 spiro atoms. The first-order valence-corrected chi connectivity index (χ1v) is 16.2. The first kappa shape index (κ1) is 32.3. The zero-order valence-electron chi connectivity index (χ0n) is 26.5. The number of carboxylic acids is 2. The molecule has 0 aliphatic heterocycles. The molecular formula is C37H51FO4. The third-order valence-electron chi connectivity index (χ3n) is 13.0. The summed E-state index contributed by atoms with van der Waals surface area (Å²) in [5.41, 5.74) is 1.41. The van der Waals surface area contributed by atoms with E-state index in [1.54, 1.807) is 6.07 Å². The van der Waals surface area contributed by atoms with Crippen LogP contribution in [0.5, 0.6) is 0 Å². The lowest BCUT2D eigenvalue weighted by Gasteiger charge is -2.68. The third-order valence-corrected chi connectivity index (χ3v) is 13.0. The molecule has 0 saturated heterocycles. The molecular weight excluding hydrogens is 527 g/mol. The number of carboxylic acid groups (broad SMARTS) is 2. The van der Waals surface area contributed by atoms with Gasteiger partial charge in [-0.2, -0.15) is 0 Å². The SMILES string of the molecule is C#C.CC.CC1(C)C(c2ccc(C(=O)O)c(F)c2)=CC[C@@]2(C)C1CC[C@@]1(C)C3CC[C@@]4(C(=O)O)CCCC4[C@H]3CCC12. The van der Waals surface area contributed by atoms with Crippen LogP contribution in [0.2, 0.25) is 0 Å². The standard InChI is InChI=1S/C33H43FO4.C2H6.C2H2/c1-30(2)22(19-7-8-21(28(35)36)25(34)18-19)11-15-32(4)26(30)13-16-31(3)23-12-17-33(29(37)38)14-5-6-24(33)20(23)9-10-27(31)32;2*1-2/h7-8,11,18,20,23-24,26-27H,5-6,9-10,12-17H2,1-4H3,(H,35,36)(H,37,38);1-2H3;1-2H/t20-,23?,24?,26?,27?,31-,32-,33-;;/m0../s1. The minimum atomic E-state index is -1.23. The molecule has 42 heavy (non-hydrogen) atoms. The molecule has 1 aromatic rings. The van der Waals surface area contributed by atoms with E-state index in [1.807, 2.05) is 13.8 Å². The van der Waals surface area contributed by atoms with Crippen molar-refractivity contribution in [2.45, 2.75) is 106 Å². The van der Waals surface area contributed by atoms with Crippen LogP contribution in [0.15, 0.2) is 24.3 Å². The number of hydrogen-bond acceptors (Lipinski definition) is 2. The van der Waals surface area contributed by atoms with E-state index in [1.165, 1.54) is 25.0 Å². The maximum Gasteiger partial charge on any atom is 0.338 e. The lowest BCUT2D eigenvalue weighted by atomic mass is 9.36. The summed E-state index contributed by atoms with van der Waals surface area (Å²) >= 11 is 0. The Bertz CT molecular complexity index is 1260. The van der Waals surface area contributed by atoms with Crippen molar-refractivity contribution in [2.75, 3.05) is 0 Å². The molecule has 4 saturated carbocycles. The van der Waals surface area contributed by atoms with Crippen LogP contribution < -0.4 is 0 Å². The molecule has 5 aliphatic rings. The predicted octanol–water partition coefficient (Wildman–Crippen LogP) is 9.34. The van der Waals surface area contributed by atoms with Gasteiger partial charge in [0.05, 0.1) is 11.0 Å². The van der Waals surface area contributed by atoms with Gasteiger partial charge in [0.15, 0.2) is 0 Å². The van der Waals surface area contributed by atoms with Gasteiger partial charge in [0.2, 0.25) is 0 Å². The van der Waals surface area contributed by atoms with Crippen molar-refractivity contribution >= 4 is 17.5 Å². The van der Waals surface area contributed by atoms with Crippen molar-refractivity contribution in [2.24, 2.45) is 51.2 Å². The van der Waals surface area contributed by atoms with E-state index in [9.17, 15) is 24.2 Å². The summed E-state index contributed by atoms with van der Waals surface area (Å²) < 4.78 is 14.7. The van der Waals surface area contributed by atoms with Crippen molar-refractivity contribution in [1.29, 1.82) is 0 Å². The molecule has 0 heterocycles. The molecule has 4 nitrogen and oxygen atoms in total. The normalized spacial score (nSPS) is 39.3. The third kappa shape index (κ3) is 4.54. The van der Waals surface area contributed by atoms with Gasteiger partial charge in [-0.15, -0.1) is 12.8 Å². The number of aromatic carboxylic acids is 1. The minimum Gasteiger partial charge on any atom is -0.481 e. The fourth-order valence-electron chi connectivity index (χ4n) is 11.5. The maximum absolute atomic E-state index is 14.7. The summed E-state index contributed by atoms with van der Waals surface area (Å²) in [5.74, 6) is 0.110. The van der Waals surface area contributed by atoms with E-state index in [-0.39, 0.29) is 21.8 Å². The second kappa shape index (κ2) is 11.5. The largest absolute Gasteiger partial charge is 0.481 e. The smallest absolute Gasteiger partial charge is 0.338 e. The highest BCUT2D eigenvalue weighted by Gasteiger charge is 2.66. The summed E-state index contributed by atoms with van der Waals surface area (Å²) in [7, 11) is 0. The fraction of sp³-hybridized carbons (Fsp3) is 0.676. The van der Waals surface area contributed by atoms with Gasteiger partial charge >= 0.3 is 11.9 Å². The molecule has 1 aromatic carbocycles. The Kier molecular flexibility index (Phi) is 8.83. The van der Waals surface area contributed by atoms with E-state index in [0.717, 1.165) is 62.5 Å². The van der Waals surface area contributed by atoms with Crippen LogP contribution in [0.1, 0.15) is 122 Å². The second-order valence-electron chi connectivity index (χ2n) is 14.5. The fourth-order valence-corrected chi connectivity index (χ4v) is 11.5. The Labute approximate surface area is 252 Å². The van der Waals surface area contributed by atoms with Crippen LogP contribution in [-0.2, 0) is 4.79 Å². The predicted molar refractivity (Wildman–Crippen MR) is 166 cm³/mol. The van der Waals surface area contributed by atoms with Crippen LogP contribution in [-0.4, -0.2) is 22.2 Å². The summed E-state index contributed by atoms with van der Waals surface area (Å²) in [6.45, 7) is 13.7. The topological polar surface area (TPSA) is 74.6 Å². The minimum absolute atomic E-state index is 0.140. The molecule has 4 unspecified atom stereocenters. The highest BCUT2D eigenvalue weighted by atomic mass is 19.1. The summed E-state index contributed by atoms with van der Waals surface area (Å²) in [6.07, 6.45) is 20.9. The molecule has 4 fully saturated rings. The number of fused-ring (bicyclic) bond motifs is 7. The number of halogens is 1. The van der Waals surface area contributed by atoms with Crippen molar-refractivity contribution in [3.8, 4) is 12.8 Å². The molecule has 230 valence electrons. The molecule has 0 radical (unpaired) electrons. The van der Waals surface area contributed by atoms with Gasteiger partial charge in [0.25, 0.3) is 0 Å². The first-order valence-electron chi connectivity index (χ1n) is 16.2. The van der Waals surface area contributed by atoms with Gasteiger partial charge in [0.1, 0.15) is 5.82 Å². The molecule has 8 atom stereocenters.